The highest BCUT2D eigenvalue weighted by Crippen LogP contribution is 2.12. The van der Waals surface area contributed by atoms with E-state index in [9.17, 15) is 0 Å². The minimum atomic E-state index is 1.07. The minimum Gasteiger partial charge on any atom is -0.299 e. The van der Waals surface area contributed by atoms with Gasteiger partial charge >= 0.3 is 0 Å². The minimum absolute atomic E-state index is 1.07. The van der Waals surface area contributed by atoms with Crippen molar-refractivity contribution in [1.29, 1.82) is 0 Å². The van der Waals surface area contributed by atoms with E-state index in [0.717, 1.165) is 10.2 Å². The fraction of sp³-hybridized carbons (Fsp3) is 0.545. The third-order valence-corrected chi connectivity index (χ3v) is 3.28. The normalized spacial score (nSPS) is 18.4. The summed E-state index contributed by atoms with van der Waals surface area (Å²) >= 11 is 2.24. The molecule has 0 radical (unpaired) electrons. The first-order valence-electron chi connectivity index (χ1n) is 5.17. The Morgan fingerprint density at radius 2 is 2.00 bits per heavy atom. The molecule has 0 aliphatic carbocycles. The Morgan fingerprint density at radius 1 is 1.21 bits per heavy atom. The summed E-state index contributed by atoms with van der Waals surface area (Å²) in [6.07, 6.45) is 6.12. The monoisotopic (exact) mass is 302 g/mol. The van der Waals surface area contributed by atoms with Crippen LogP contribution >= 0.6 is 22.6 Å². The zero-order valence-electron chi connectivity index (χ0n) is 8.25. The maximum Gasteiger partial charge on any atom is 0.101 e. The molecule has 3 heteroatoms. The van der Waals surface area contributed by atoms with Crippen LogP contribution in [0.1, 0.15) is 24.8 Å². The van der Waals surface area contributed by atoms with Crippen LogP contribution in [0, 0.1) is 3.70 Å². The molecule has 2 heterocycles. The standard InChI is InChI=1S/C11H15IN2/c12-11-5-4-10(8-13-11)9-14-6-2-1-3-7-14/h4-5,8H,1-3,6-7,9H2. The fourth-order valence-electron chi connectivity index (χ4n) is 1.88. The van der Waals surface area contributed by atoms with Crippen molar-refractivity contribution in [1.82, 2.24) is 9.88 Å². The van der Waals surface area contributed by atoms with E-state index in [0.29, 0.717) is 0 Å². The zero-order valence-corrected chi connectivity index (χ0v) is 10.4. The van der Waals surface area contributed by atoms with Gasteiger partial charge in [0.05, 0.1) is 0 Å². The van der Waals surface area contributed by atoms with Crippen LogP contribution in [-0.2, 0) is 6.54 Å². The number of likely N-dealkylation sites (tertiary alicyclic amines) is 1. The first-order valence-corrected chi connectivity index (χ1v) is 6.25. The van der Waals surface area contributed by atoms with Crippen LogP contribution in [-0.4, -0.2) is 23.0 Å². The van der Waals surface area contributed by atoms with Crippen LogP contribution in [0.3, 0.4) is 0 Å². The summed E-state index contributed by atoms with van der Waals surface area (Å²) in [5.41, 5.74) is 1.34. The lowest BCUT2D eigenvalue weighted by Crippen LogP contribution is -2.29. The molecule has 1 aromatic rings. The molecule has 1 fully saturated rings. The van der Waals surface area contributed by atoms with E-state index >= 15 is 0 Å². The van der Waals surface area contributed by atoms with Gasteiger partial charge in [-0.2, -0.15) is 0 Å². The molecule has 1 aliphatic rings. The van der Waals surface area contributed by atoms with Crippen LogP contribution < -0.4 is 0 Å². The molecule has 2 nitrogen and oxygen atoms in total. The predicted octanol–water partition coefficient (Wildman–Crippen LogP) is 2.67. The van der Waals surface area contributed by atoms with Gasteiger partial charge in [0, 0.05) is 12.7 Å². The lowest BCUT2D eigenvalue weighted by molar-refractivity contribution is 0.220. The van der Waals surface area contributed by atoms with Gasteiger partial charge in [0.25, 0.3) is 0 Å². The van der Waals surface area contributed by atoms with Gasteiger partial charge in [-0.15, -0.1) is 0 Å². The summed E-state index contributed by atoms with van der Waals surface area (Å²) in [7, 11) is 0. The molecule has 2 rings (SSSR count). The zero-order chi connectivity index (χ0) is 9.80. The fourth-order valence-corrected chi connectivity index (χ4v) is 2.19. The van der Waals surface area contributed by atoms with Crippen molar-refractivity contribution >= 4 is 22.6 Å². The Kier molecular flexibility index (Phi) is 3.75. The van der Waals surface area contributed by atoms with Crippen molar-refractivity contribution in [3.63, 3.8) is 0 Å². The Labute approximate surface area is 98.9 Å². The van der Waals surface area contributed by atoms with Gasteiger partial charge in [-0.1, -0.05) is 12.5 Å². The van der Waals surface area contributed by atoms with Crippen molar-refractivity contribution in [3.8, 4) is 0 Å². The quantitative estimate of drug-likeness (QED) is 0.617. The molecular weight excluding hydrogens is 287 g/mol. The van der Waals surface area contributed by atoms with Gasteiger partial charge in [0.15, 0.2) is 0 Å². The molecule has 0 atom stereocenters. The smallest absolute Gasteiger partial charge is 0.101 e. The molecule has 0 unspecified atom stereocenters. The molecule has 14 heavy (non-hydrogen) atoms. The third kappa shape index (κ3) is 2.92. The molecule has 0 N–H and O–H groups in total. The highest BCUT2D eigenvalue weighted by atomic mass is 127. The van der Waals surface area contributed by atoms with Crippen molar-refractivity contribution in [2.75, 3.05) is 13.1 Å². The maximum atomic E-state index is 4.30. The van der Waals surface area contributed by atoms with Crippen LogP contribution in [0.4, 0.5) is 0 Å². The molecule has 0 bridgehead atoms. The summed E-state index contributed by atoms with van der Waals surface area (Å²) in [6, 6.07) is 4.27. The Hall–Kier alpha value is -0.160. The summed E-state index contributed by atoms with van der Waals surface area (Å²) < 4.78 is 1.07. The summed E-state index contributed by atoms with van der Waals surface area (Å²) in [6.45, 7) is 3.59. The van der Waals surface area contributed by atoms with E-state index < -0.39 is 0 Å². The average molecular weight is 302 g/mol. The molecular formula is C11H15IN2. The highest BCUT2D eigenvalue weighted by Gasteiger charge is 2.09. The molecule has 1 aliphatic heterocycles. The summed E-state index contributed by atoms with van der Waals surface area (Å²) in [5.74, 6) is 0. The number of aromatic nitrogens is 1. The summed E-state index contributed by atoms with van der Waals surface area (Å²) in [4.78, 5) is 6.83. The van der Waals surface area contributed by atoms with E-state index in [1.54, 1.807) is 0 Å². The van der Waals surface area contributed by atoms with Crippen LogP contribution in [0.15, 0.2) is 18.3 Å². The second-order valence-corrected chi connectivity index (χ2v) is 4.93. The van der Waals surface area contributed by atoms with Gasteiger partial charge in [-0.25, -0.2) is 0 Å². The molecule has 0 spiro atoms. The van der Waals surface area contributed by atoms with E-state index in [4.69, 9.17) is 0 Å². The second kappa shape index (κ2) is 5.07. The van der Waals surface area contributed by atoms with Gasteiger partial charge in [0.1, 0.15) is 3.70 Å². The van der Waals surface area contributed by atoms with Crippen molar-refractivity contribution in [3.05, 3.63) is 27.6 Å². The van der Waals surface area contributed by atoms with Gasteiger partial charge < -0.3 is 0 Å². The first-order chi connectivity index (χ1) is 6.84. The van der Waals surface area contributed by atoms with E-state index in [-0.39, 0.29) is 0 Å². The highest BCUT2D eigenvalue weighted by molar-refractivity contribution is 14.1. The molecule has 0 aromatic carbocycles. The predicted molar refractivity (Wildman–Crippen MR) is 66.1 cm³/mol. The van der Waals surface area contributed by atoms with Crippen LogP contribution in [0.5, 0.6) is 0 Å². The lowest BCUT2D eigenvalue weighted by atomic mass is 10.1. The summed E-state index contributed by atoms with van der Waals surface area (Å²) in [5, 5.41) is 0. The second-order valence-electron chi connectivity index (χ2n) is 3.83. The maximum absolute atomic E-state index is 4.30. The van der Waals surface area contributed by atoms with Gasteiger partial charge in [-0.05, 0) is 60.2 Å². The molecule has 1 saturated heterocycles. The number of hydrogen-bond donors (Lipinski definition) is 0. The van der Waals surface area contributed by atoms with E-state index in [2.05, 4.69) is 44.6 Å². The number of halogens is 1. The molecule has 1 aromatic heterocycles. The molecule has 0 amide bonds. The number of hydrogen-bond acceptors (Lipinski definition) is 2. The third-order valence-electron chi connectivity index (χ3n) is 2.64. The van der Waals surface area contributed by atoms with Crippen molar-refractivity contribution < 1.29 is 0 Å². The largest absolute Gasteiger partial charge is 0.299 e. The number of pyridine rings is 1. The number of nitrogens with zero attached hydrogens (tertiary/aromatic N) is 2. The average Bonchev–Trinajstić information content (AvgIpc) is 2.23. The first kappa shape index (κ1) is 10.4. The molecule has 76 valence electrons. The van der Waals surface area contributed by atoms with Crippen LogP contribution in [0.2, 0.25) is 0 Å². The van der Waals surface area contributed by atoms with Gasteiger partial charge in [0.2, 0.25) is 0 Å². The van der Waals surface area contributed by atoms with Crippen molar-refractivity contribution in [2.45, 2.75) is 25.8 Å². The van der Waals surface area contributed by atoms with Crippen molar-refractivity contribution in [2.24, 2.45) is 0 Å². The lowest BCUT2D eigenvalue weighted by Gasteiger charge is -2.26. The Balaban J connectivity index is 1.92. The Bertz CT molecular complexity index is 278. The topological polar surface area (TPSA) is 16.1 Å². The number of piperidine rings is 1. The SMILES string of the molecule is Ic1ccc(CN2CCCCC2)cn1. The van der Waals surface area contributed by atoms with E-state index in [1.807, 2.05) is 6.20 Å². The van der Waals surface area contributed by atoms with E-state index in [1.165, 1.54) is 37.9 Å². The molecule has 0 saturated carbocycles. The van der Waals surface area contributed by atoms with Gasteiger partial charge in [-0.3, -0.25) is 9.88 Å². The van der Waals surface area contributed by atoms with Crippen LogP contribution in [0.25, 0.3) is 0 Å². The number of rotatable bonds is 2. The Morgan fingerprint density at radius 3 is 2.64 bits per heavy atom.